The molecule has 0 atom stereocenters. The third-order valence-corrected chi connectivity index (χ3v) is 3.30. The number of nitrogens with one attached hydrogen (secondary N) is 1. The van der Waals surface area contributed by atoms with Crippen molar-refractivity contribution in [3.8, 4) is 5.75 Å². The Morgan fingerprint density at radius 1 is 1.43 bits per heavy atom. The number of hydrogen-bond donors (Lipinski definition) is 3. The molecule has 0 aliphatic heterocycles. The van der Waals surface area contributed by atoms with Gasteiger partial charge in [-0.2, -0.15) is 4.98 Å². The van der Waals surface area contributed by atoms with Crippen LogP contribution >= 0.6 is 0 Å². The number of ether oxygens (including phenoxy) is 1. The van der Waals surface area contributed by atoms with Crippen molar-refractivity contribution >= 4 is 17.1 Å². The molecule has 2 rings (SSSR count). The number of benzene rings is 1. The lowest BCUT2D eigenvalue weighted by atomic mass is 10.2. The number of fused-ring (bicyclic) bond motifs is 1. The molecule has 0 spiro atoms. The summed E-state index contributed by atoms with van der Waals surface area (Å²) >= 11 is 0. The summed E-state index contributed by atoms with van der Waals surface area (Å²) in [5, 5.41) is 11.8. The van der Waals surface area contributed by atoms with Gasteiger partial charge >= 0.3 is 0 Å². The fraction of sp³-hybridized carbons (Fsp3) is 0.438. The third-order valence-electron chi connectivity index (χ3n) is 3.30. The Balaban J connectivity index is 1.87. The van der Waals surface area contributed by atoms with Crippen molar-refractivity contribution in [3.63, 3.8) is 0 Å². The number of anilines is 1. The number of halogens is 1. The van der Waals surface area contributed by atoms with Gasteiger partial charge in [-0.1, -0.05) is 0 Å². The molecule has 6 nitrogen and oxygen atoms in total. The summed E-state index contributed by atoms with van der Waals surface area (Å²) in [6.45, 7) is 1.41. The molecule has 0 aliphatic rings. The molecular weight excluding hydrogens is 301 g/mol. The standard InChI is InChI=1S/C16H22FN3O3/c17-10-12(11-18)3-1-8-22-13-4-5-14-15(9-13)23-16(20-14)19-6-2-7-21/h4-5,9-10,21H,1-3,6-8,11,18H2,(H,19,20)/b12-10-. The number of aliphatic hydroxyl groups excluding tert-OH is 1. The first kappa shape index (κ1) is 17.2. The summed E-state index contributed by atoms with van der Waals surface area (Å²) < 4.78 is 23.6. The maximum absolute atomic E-state index is 12.4. The SMILES string of the molecule is NC/C(=C\F)CCCOc1ccc2nc(NCCCO)oc2c1. The van der Waals surface area contributed by atoms with E-state index >= 15 is 0 Å². The minimum absolute atomic E-state index is 0.120. The molecule has 1 heterocycles. The van der Waals surface area contributed by atoms with Gasteiger partial charge in [0, 0.05) is 25.8 Å². The van der Waals surface area contributed by atoms with Crippen LogP contribution in [0.25, 0.3) is 11.1 Å². The summed E-state index contributed by atoms with van der Waals surface area (Å²) in [4.78, 5) is 4.29. The maximum atomic E-state index is 12.4. The first-order valence-electron chi connectivity index (χ1n) is 7.63. The van der Waals surface area contributed by atoms with E-state index in [0.717, 1.165) is 5.52 Å². The van der Waals surface area contributed by atoms with Gasteiger partial charge < -0.3 is 25.3 Å². The van der Waals surface area contributed by atoms with Gasteiger partial charge in [0.05, 0.1) is 12.9 Å². The van der Waals surface area contributed by atoms with Crippen molar-refractivity contribution < 1.29 is 18.7 Å². The molecule has 0 amide bonds. The number of aliphatic hydroxyl groups is 1. The Bertz CT molecular complexity index is 643. The molecule has 1 aromatic carbocycles. The number of rotatable bonds is 10. The summed E-state index contributed by atoms with van der Waals surface area (Å²) in [7, 11) is 0. The van der Waals surface area contributed by atoms with E-state index in [0.29, 0.717) is 61.7 Å². The molecule has 4 N–H and O–H groups in total. The summed E-state index contributed by atoms with van der Waals surface area (Å²) in [5.74, 6) is 0.675. The second-order valence-electron chi connectivity index (χ2n) is 5.08. The highest BCUT2D eigenvalue weighted by atomic mass is 19.1. The molecule has 0 aliphatic carbocycles. The predicted octanol–water partition coefficient (Wildman–Crippen LogP) is 2.59. The molecule has 126 valence electrons. The molecule has 0 saturated carbocycles. The van der Waals surface area contributed by atoms with Gasteiger partial charge in [0.25, 0.3) is 6.01 Å². The molecule has 0 fully saturated rings. The normalized spacial score (nSPS) is 11.9. The molecule has 0 bridgehead atoms. The zero-order chi connectivity index (χ0) is 16.5. The largest absolute Gasteiger partial charge is 0.493 e. The molecule has 0 unspecified atom stereocenters. The number of nitrogens with zero attached hydrogens (tertiary/aromatic N) is 1. The Morgan fingerprint density at radius 2 is 2.30 bits per heavy atom. The first-order valence-corrected chi connectivity index (χ1v) is 7.63. The second kappa shape index (κ2) is 9.12. The van der Waals surface area contributed by atoms with E-state index in [-0.39, 0.29) is 13.2 Å². The van der Waals surface area contributed by atoms with Gasteiger partial charge in [0.1, 0.15) is 11.3 Å². The maximum Gasteiger partial charge on any atom is 0.295 e. The van der Waals surface area contributed by atoms with E-state index in [1.165, 1.54) is 0 Å². The van der Waals surface area contributed by atoms with Crippen LogP contribution in [0.3, 0.4) is 0 Å². The van der Waals surface area contributed by atoms with Crippen molar-refractivity contribution in [1.82, 2.24) is 4.98 Å². The van der Waals surface area contributed by atoms with Crippen LogP contribution in [0.1, 0.15) is 19.3 Å². The monoisotopic (exact) mass is 323 g/mol. The van der Waals surface area contributed by atoms with Crippen molar-refractivity contribution in [2.75, 3.05) is 31.6 Å². The Labute approximate surface area is 134 Å². The second-order valence-corrected chi connectivity index (χ2v) is 5.08. The molecule has 2 aromatic rings. The van der Waals surface area contributed by atoms with Crippen molar-refractivity contribution in [1.29, 1.82) is 0 Å². The number of oxazole rings is 1. The number of nitrogens with two attached hydrogens (primary N) is 1. The van der Waals surface area contributed by atoms with E-state index in [9.17, 15) is 4.39 Å². The topological polar surface area (TPSA) is 93.5 Å². The van der Waals surface area contributed by atoms with Gasteiger partial charge in [-0.25, -0.2) is 4.39 Å². The highest BCUT2D eigenvalue weighted by Gasteiger charge is 2.06. The first-order chi connectivity index (χ1) is 11.3. The van der Waals surface area contributed by atoms with E-state index < -0.39 is 0 Å². The van der Waals surface area contributed by atoms with Crippen LogP contribution in [0.2, 0.25) is 0 Å². The van der Waals surface area contributed by atoms with Crippen LogP contribution in [0.5, 0.6) is 5.75 Å². The minimum atomic E-state index is 0.120. The summed E-state index contributed by atoms with van der Waals surface area (Å²) in [6.07, 6.45) is 2.46. The minimum Gasteiger partial charge on any atom is -0.493 e. The van der Waals surface area contributed by atoms with E-state index in [4.69, 9.17) is 20.0 Å². The molecule has 23 heavy (non-hydrogen) atoms. The molecule has 1 aromatic heterocycles. The quantitative estimate of drug-likeness (QED) is 0.582. The van der Waals surface area contributed by atoms with Crippen molar-refractivity contribution in [2.24, 2.45) is 5.73 Å². The van der Waals surface area contributed by atoms with Crippen LogP contribution in [0.4, 0.5) is 10.4 Å². The lowest BCUT2D eigenvalue weighted by Gasteiger charge is -2.06. The Kier molecular flexibility index (Phi) is 6.83. The smallest absolute Gasteiger partial charge is 0.295 e. The van der Waals surface area contributed by atoms with Crippen molar-refractivity contribution in [2.45, 2.75) is 19.3 Å². The average molecular weight is 323 g/mol. The van der Waals surface area contributed by atoms with Crippen LogP contribution in [0, 0.1) is 0 Å². The molecule has 0 radical (unpaired) electrons. The van der Waals surface area contributed by atoms with Gasteiger partial charge in [-0.3, -0.25) is 0 Å². The average Bonchev–Trinajstić information content (AvgIpc) is 2.97. The van der Waals surface area contributed by atoms with Crippen LogP contribution in [0.15, 0.2) is 34.5 Å². The number of hydrogen-bond acceptors (Lipinski definition) is 6. The summed E-state index contributed by atoms with van der Waals surface area (Å²) in [5.41, 5.74) is 7.33. The Hall–Kier alpha value is -2.12. The number of aromatic nitrogens is 1. The molecule has 0 saturated heterocycles. The van der Waals surface area contributed by atoms with Crippen LogP contribution in [-0.4, -0.2) is 36.4 Å². The third kappa shape index (κ3) is 5.22. The van der Waals surface area contributed by atoms with Gasteiger partial charge in [-0.15, -0.1) is 0 Å². The van der Waals surface area contributed by atoms with E-state index in [1.807, 2.05) is 12.1 Å². The van der Waals surface area contributed by atoms with E-state index in [2.05, 4.69) is 10.3 Å². The lowest BCUT2D eigenvalue weighted by molar-refractivity contribution is 0.292. The lowest BCUT2D eigenvalue weighted by Crippen LogP contribution is -2.05. The van der Waals surface area contributed by atoms with E-state index in [1.54, 1.807) is 6.07 Å². The fourth-order valence-electron chi connectivity index (χ4n) is 2.04. The Morgan fingerprint density at radius 3 is 3.04 bits per heavy atom. The fourth-order valence-corrected chi connectivity index (χ4v) is 2.04. The summed E-state index contributed by atoms with van der Waals surface area (Å²) in [6, 6.07) is 5.83. The predicted molar refractivity (Wildman–Crippen MR) is 87.2 cm³/mol. The molecule has 7 heteroatoms. The van der Waals surface area contributed by atoms with Crippen LogP contribution in [-0.2, 0) is 0 Å². The van der Waals surface area contributed by atoms with Gasteiger partial charge in [0.15, 0.2) is 5.58 Å². The van der Waals surface area contributed by atoms with Crippen molar-refractivity contribution in [3.05, 3.63) is 30.1 Å². The highest BCUT2D eigenvalue weighted by molar-refractivity contribution is 5.76. The molecular formula is C16H22FN3O3. The van der Waals surface area contributed by atoms with Crippen LogP contribution < -0.4 is 15.8 Å². The van der Waals surface area contributed by atoms with Gasteiger partial charge in [-0.05, 0) is 37.0 Å². The van der Waals surface area contributed by atoms with Gasteiger partial charge in [0.2, 0.25) is 0 Å². The zero-order valence-electron chi connectivity index (χ0n) is 12.9. The zero-order valence-corrected chi connectivity index (χ0v) is 12.9. The highest BCUT2D eigenvalue weighted by Crippen LogP contribution is 2.24.